The Labute approximate surface area is 179 Å². The second-order valence-electron chi connectivity index (χ2n) is 6.92. The first kappa shape index (κ1) is 22.1. The van der Waals surface area contributed by atoms with Gasteiger partial charge in [0.25, 0.3) is 0 Å². The zero-order valence-corrected chi connectivity index (χ0v) is 17.7. The lowest BCUT2D eigenvalue weighted by molar-refractivity contribution is 0.0600. The molecule has 0 spiro atoms. The van der Waals surface area contributed by atoms with E-state index in [2.05, 4.69) is 10.1 Å². The molecule has 162 valence electrons. The van der Waals surface area contributed by atoms with Crippen LogP contribution < -0.4 is 10.7 Å². The third-order valence-corrected chi connectivity index (χ3v) is 5.23. The molecule has 0 atom stereocenters. The Kier molecular flexibility index (Phi) is 6.45. The van der Waals surface area contributed by atoms with Crippen LogP contribution in [0.25, 0.3) is 11.1 Å². The van der Waals surface area contributed by atoms with Gasteiger partial charge in [-0.25, -0.2) is 13.2 Å². The van der Waals surface area contributed by atoms with Crippen molar-refractivity contribution in [1.82, 2.24) is 0 Å². The van der Waals surface area contributed by atoms with Gasteiger partial charge in [-0.3, -0.25) is 4.79 Å². The smallest absolute Gasteiger partial charge is 0.337 e. The van der Waals surface area contributed by atoms with Gasteiger partial charge in [0.05, 0.1) is 19.2 Å². The van der Waals surface area contributed by atoms with Crippen LogP contribution in [0.15, 0.2) is 63.8 Å². The van der Waals surface area contributed by atoms with E-state index in [1.807, 2.05) is 24.3 Å². The number of hydrogen-bond donors (Lipinski definition) is 2. The first-order valence-electron chi connectivity index (χ1n) is 9.21. The normalized spacial score (nSPS) is 11.2. The van der Waals surface area contributed by atoms with E-state index < -0.39 is 32.7 Å². The van der Waals surface area contributed by atoms with Crippen molar-refractivity contribution in [1.29, 1.82) is 0 Å². The topological polar surface area (TPSA) is 123 Å². The van der Waals surface area contributed by atoms with Crippen molar-refractivity contribution in [2.24, 2.45) is 0 Å². The number of esters is 1. The third kappa shape index (κ3) is 5.73. The van der Waals surface area contributed by atoms with Gasteiger partial charge in [-0.2, -0.15) is 0 Å². The number of nitrogens with one attached hydrogen (secondary N) is 1. The quantitative estimate of drug-likeness (QED) is 0.535. The Morgan fingerprint density at radius 1 is 1.06 bits per heavy atom. The number of benzene rings is 2. The van der Waals surface area contributed by atoms with Crippen LogP contribution in [0.1, 0.15) is 21.9 Å². The van der Waals surface area contributed by atoms with Crippen molar-refractivity contribution in [3.05, 3.63) is 81.9 Å². The van der Waals surface area contributed by atoms with Gasteiger partial charge in [0.2, 0.25) is 11.2 Å². The van der Waals surface area contributed by atoms with Crippen molar-refractivity contribution in [2.45, 2.75) is 12.3 Å². The molecule has 2 aromatic carbocycles. The van der Waals surface area contributed by atoms with E-state index in [1.54, 1.807) is 24.3 Å². The monoisotopic (exact) mass is 443 g/mol. The Bertz CT molecular complexity index is 1240. The van der Waals surface area contributed by atoms with Crippen LogP contribution in [0.2, 0.25) is 0 Å². The van der Waals surface area contributed by atoms with Gasteiger partial charge < -0.3 is 19.6 Å². The van der Waals surface area contributed by atoms with Crippen molar-refractivity contribution >= 4 is 21.5 Å². The molecule has 0 unspecified atom stereocenters. The summed E-state index contributed by atoms with van der Waals surface area (Å²) in [6.45, 7) is -0.00809. The lowest BCUT2D eigenvalue weighted by Crippen LogP contribution is -2.10. The minimum atomic E-state index is -3.39. The summed E-state index contributed by atoms with van der Waals surface area (Å²) in [5.41, 5.74) is 2.30. The first-order valence-corrected chi connectivity index (χ1v) is 11.3. The molecule has 0 aliphatic heterocycles. The summed E-state index contributed by atoms with van der Waals surface area (Å²) in [6, 6.07) is 15.3. The zero-order chi connectivity index (χ0) is 22.6. The summed E-state index contributed by atoms with van der Waals surface area (Å²) in [7, 11) is -2.06. The van der Waals surface area contributed by atoms with Crippen LogP contribution in [-0.2, 0) is 26.9 Å². The fraction of sp³-hybridized carbons (Fsp3) is 0.182. The molecule has 0 radical (unpaired) electrons. The lowest BCUT2D eigenvalue weighted by Gasteiger charge is -2.10. The lowest BCUT2D eigenvalue weighted by atomic mass is 10.0. The molecular formula is C22H21NO7S. The van der Waals surface area contributed by atoms with E-state index in [1.165, 1.54) is 7.11 Å². The summed E-state index contributed by atoms with van der Waals surface area (Å²) >= 11 is 0. The molecule has 9 heteroatoms. The average molecular weight is 443 g/mol. The highest BCUT2D eigenvalue weighted by molar-refractivity contribution is 7.89. The van der Waals surface area contributed by atoms with Gasteiger partial charge in [0.1, 0.15) is 11.5 Å². The summed E-state index contributed by atoms with van der Waals surface area (Å²) < 4.78 is 33.0. The molecule has 0 saturated carbocycles. The van der Waals surface area contributed by atoms with Gasteiger partial charge >= 0.3 is 5.97 Å². The van der Waals surface area contributed by atoms with Crippen LogP contribution in [0, 0.1) is 0 Å². The number of hydrogen-bond acceptors (Lipinski definition) is 8. The Morgan fingerprint density at radius 3 is 2.19 bits per heavy atom. The third-order valence-electron chi connectivity index (χ3n) is 4.43. The van der Waals surface area contributed by atoms with Crippen LogP contribution in [0.5, 0.6) is 5.75 Å². The van der Waals surface area contributed by atoms with Gasteiger partial charge in [-0.15, -0.1) is 0 Å². The molecule has 0 amide bonds. The van der Waals surface area contributed by atoms with Crippen molar-refractivity contribution in [3.63, 3.8) is 0 Å². The highest BCUT2D eigenvalue weighted by Crippen LogP contribution is 2.23. The molecule has 3 rings (SSSR count). The molecule has 0 saturated heterocycles. The fourth-order valence-electron chi connectivity index (χ4n) is 2.92. The molecule has 8 nitrogen and oxygen atoms in total. The predicted molar refractivity (Wildman–Crippen MR) is 116 cm³/mol. The molecule has 2 N–H and O–H groups in total. The number of anilines is 1. The van der Waals surface area contributed by atoms with Gasteiger partial charge in [-0.05, 0) is 35.4 Å². The van der Waals surface area contributed by atoms with E-state index in [9.17, 15) is 23.1 Å². The molecule has 1 heterocycles. The molecule has 1 aromatic heterocycles. The highest BCUT2D eigenvalue weighted by Gasteiger charge is 2.14. The van der Waals surface area contributed by atoms with Crippen molar-refractivity contribution in [3.8, 4) is 16.9 Å². The number of carbonyl (C=O) groups is 1. The molecule has 0 aliphatic rings. The zero-order valence-electron chi connectivity index (χ0n) is 16.9. The molecule has 0 bridgehead atoms. The molecule has 0 aliphatic carbocycles. The summed E-state index contributed by atoms with van der Waals surface area (Å²) in [4.78, 5) is 23.4. The summed E-state index contributed by atoms with van der Waals surface area (Å²) in [6.07, 6.45) is 1.03. The highest BCUT2D eigenvalue weighted by atomic mass is 32.2. The number of methoxy groups -OCH3 is 1. The number of sulfone groups is 1. The van der Waals surface area contributed by atoms with Crippen LogP contribution in [0.4, 0.5) is 5.69 Å². The Morgan fingerprint density at radius 2 is 1.65 bits per heavy atom. The number of carbonyl (C=O) groups excluding carboxylic acids is 1. The standard InChI is InChI=1S/C22H21NO7S/c1-29-22(26)16-5-3-14(4-6-16)15-7-9-17(10-8-15)23-12-20-21(25)19(24)11-18(30-20)13-31(2,27)28/h3-11,23,25H,12-13H2,1-2H3. The van der Waals surface area contributed by atoms with Crippen molar-refractivity contribution in [2.75, 3.05) is 18.7 Å². The SMILES string of the molecule is COC(=O)c1ccc(-c2ccc(NCc3oc(CS(C)(=O)=O)cc(=O)c3O)cc2)cc1. The van der Waals surface area contributed by atoms with E-state index >= 15 is 0 Å². The van der Waals surface area contributed by atoms with Crippen LogP contribution >= 0.6 is 0 Å². The molecule has 31 heavy (non-hydrogen) atoms. The Balaban J connectivity index is 1.72. The number of ether oxygens (including phenoxy) is 1. The van der Waals surface area contributed by atoms with Crippen LogP contribution in [-0.4, -0.2) is 32.9 Å². The maximum absolute atomic E-state index is 11.9. The predicted octanol–water partition coefficient (Wildman–Crippen LogP) is 2.96. The maximum atomic E-state index is 11.9. The van der Waals surface area contributed by atoms with E-state index in [0.717, 1.165) is 23.4 Å². The van der Waals surface area contributed by atoms with E-state index in [0.29, 0.717) is 11.3 Å². The first-order chi connectivity index (χ1) is 14.7. The van der Waals surface area contributed by atoms with E-state index in [-0.39, 0.29) is 18.1 Å². The van der Waals surface area contributed by atoms with E-state index in [4.69, 9.17) is 4.42 Å². The van der Waals surface area contributed by atoms with Gasteiger partial charge in [0, 0.05) is 18.0 Å². The van der Waals surface area contributed by atoms with Gasteiger partial charge in [0.15, 0.2) is 15.6 Å². The average Bonchev–Trinajstić information content (AvgIpc) is 2.74. The minimum absolute atomic E-state index is 0.00809. The van der Waals surface area contributed by atoms with Gasteiger partial charge in [-0.1, -0.05) is 24.3 Å². The molecular weight excluding hydrogens is 422 g/mol. The number of rotatable bonds is 7. The largest absolute Gasteiger partial charge is 0.502 e. The van der Waals surface area contributed by atoms with Crippen LogP contribution in [0.3, 0.4) is 0 Å². The summed E-state index contributed by atoms with van der Waals surface area (Å²) in [5.74, 6) is -1.48. The second kappa shape index (κ2) is 9.05. The Hall–Kier alpha value is -3.59. The van der Waals surface area contributed by atoms with Crippen molar-refractivity contribution < 1.29 is 27.5 Å². The second-order valence-corrected chi connectivity index (χ2v) is 9.06. The molecule has 0 fully saturated rings. The summed E-state index contributed by atoms with van der Waals surface area (Å²) in [5, 5.41) is 13.0. The maximum Gasteiger partial charge on any atom is 0.337 e. The fourth-order valence-corrected chi connectivity index (χ4v) is 3.58. The number of aromatic hydroxyl groups is 1. The molecule has 3 aromatic rings. The minimum Gasteiger partial charge on any atom is -0.502 e.